The maximum atomic E-state index is 12.2. The van der Waals surface area contributed by atoms with Crippen LogP contribution in [0.3, 0.4) is 0 Å². The number of anilines is 1. The lowest BCUT2D eigenvalue weighted by molar-refractivity contribution is -0.253. The first-order valence-corrected chi connectivity index (χ1v) is 14.6. The summed E-state index contributed by atoms with van der Waals surface area (Å²) in [6.45, 7) is 5.66. The number of carbonyl (C=O) groups is 2. The molecule has 2 aliphatic heterocycles. The summed E-state index contributed by atoms with van der Waals surface area (Å²) in [6.07, 6.45) is -0.524. The highest BCUT2D eigenvalue weighted by molar-refractivity contribution is 5.92. The van der Waals surface area contributed by atoms with Crippen LogP contribution in [-0.4, -0.2) is 70.7 Å². The summed E-state index contributed by atoms with van der Waals surface area (Å²) in [5, 5.41) is 21.1. The van der Waals surface area contributed by atoms with Crippen molar-refractivity contribution in [3.8, 4) is 0 Å². The molecule has 0 bridgehead atoms. The monoisotopic (exact) mass is 573 g/mol. The van der Waals surface area contributed by atoms with Gasteiger partial charge in [0.05, 0.1) is 25.2 Å². The molecule has 2 aliphatic rings. The van der Waals surface area contributed by atoms with Crippen LogP contribution in [0.4, 0.5) is 5.69 Å². The first kappa shape index (κ1) is 29.9. The van der Waals surface area contributed by atoms with Crippen LogP contribution in [0.5, 0.6) is 0 Å². The number of aliphatic carboxylic acids is 1. The number of carbonyl (C=O) groups excluding carboxylic acids is 1. The van der Waals surface area contributed by atoms with E-state index in [-0.39, 0.29) is 37.6 Å². The standard InChI is InChI=1S/C33H39N3O6/c37-23-25-9-11-26(12-10-25)30-20-29(22-36-17-15-35(16-18-36)21-24-5-2-1-3-6-24)41-33(42-30)27-7-4-8-28(19-27)34-31(38)13-14-32(39)40/h1-12,19,29-30,33,37H,13-18,20-23H2,(H,34,38)(H,39,40)/t29-,30+,33+/m1/s1. The fourth-order valence-electron chi connectivity index (χ4n) is 5.50. The van der Waals surface area contributed by atoms with Crippen LogP contribution in [0.1, 0.15) is 53.9 Å². The molecule has 3 atom stereocenters. The van der Waals surface area contributed by atoms with Crippen molar-refractivity contribution < 1.29 is 29.3 Å². The molecule has 2 saturated heterocycles. The number of nitrogens with zero attached hydrogens (tertiary/aromatic N) is 2. The Labute approximate surface area is 246 Å². The third kappa shape index (κ3) is 8.47. The number of aliphatic hydroxyl groups is 1. The zero-order valence-electron chi connectivity index (χ0n) is 23.7. The Hall–Kier alpha value is -3.60. The molecule has 2 heterocycles. The van der Waals surface area contributed by atoms with Crippen LogP contribution >= 0.6 is 0 Å². The average molecular weight is 574 g/mol. The van der Waals surface area contributed by atoms with E-state index in [0.717, 1.165) is 56.0 Å². The predicted octanol–water partition coefficient (Wildman–Crippen LogP) is 4.35. The van der Waals surface area contributed by atoms with Gasteiger partial charge in [0.15, 0.2) is 6.29 Å². The maximum Gasteiger partial charge on any atom is 0.303 e. The Morgan fingerprint density at radius 2 is 1.55 bits per heavy atom. The van der Waals surface area contributed by atoms with Crippen molar-refractivity contribution in [3.63, 3.8) is 0 Å². The van der Waals surface area contributed by atoms with Gasteiger partial charge in [-0.3, -0.25) is 19.4 Å². The summed E-state index contributed by atoms with van der Waals surface area (Å²) >= 11 is 0. The second-order valence-corrected chi connectivity index (χ2v) is 11.0. The van der Waals surface area contributed by atoms with E-state index in [9.17, 15) is 14.7 Å². The Morgan fingerprint density at radius 1 is 0.810 bits per heavy atom. The molecule has 0 unspecified atom stereocenters. The zero-order chi connectivity index (χ0) is 29.3. The van der Waals surface area contributed by atoms with Gasteiger partial charge in [-0.1, -0.05) is 66.7 Å². The van der Waals surface area contributed by atoms with E-state index < -0.39 is 12.3 Å². The molecule has 42 heavy (non-hydrogen) atoms. The summed E-state index contributed by atoms with van der Waals surface area (Å²) in [5.74, 6) is -1.37. The molecule has 0 radical (unpaired) electrons. The van der Waals surface area contributed by atoms with Crippen molar-refractivity contribution in [2.45, 2.75) is 50.9 Å². The number of hydrogen-bond acceptors (Lipinski definition) is 7. The van der Waals surface area contributed by atoms with Gasteiger partial charge in [-0.15, -0.1) is 0 Å². The van der Waals surface area contributed by atoms with Crippen LogP contribution in [0.15, 0.2) is 78.9 Å². The normalized spacial score (nSPS) is 21.6. The number of rotatable bonds is 11. The van der Waals surface area contributed by atoms with Gasteiger partial charge in [0, 0.05) is 63.4 Å². The second-order valence-electron chi connectivity index (χ2n) is 11.0. The highest BCUT2D eigenvalue weighted by atomic mass is 16.7. The molecular weight excluding hydrogens is 534 g/mol. The van der Waals surface area contributed by atoms with Crippen LogP contribution < -0.4 is 5.32 Å². The number of hydrogen-bond donors (Lipinski definition) is 3. The molecule has 9 nitrogen and oxygen atoms in total. The number of piperazine rings is 1. The van der Waals surface area contributed by atoms with Crippen LogP contribution in [0.25, 0.3) is 0 Å². The van der Waals surface area contributed by atoms with Gasteiger partial charge in [-0.2, -0.15) is 0 Å². The molecule has 9 heteroatoms. The molecule has 222 valence electrons. The van der Waals surface area contributed by atoms with Gasteiger partial charge >= 0.3 is 5.97 Å². The van der Waals surface area contributed by atoms with Crippen molar-refractivity contribution in [2.75, 3.05) is 38.0 Å². The first-order valence-electron chi connectivity index (χ1n) is 14.6. The Balaban J connectivity index is 1.25. The third-order valence-corrected chi connectivity index (χ3v) is 7.80. The molecule has 5 rings (SSSR count). The van der Waals surface area contributed by atoms with E-state index >= 15 is 0 Å². The van der Waals surface area contributed by atoms with Crippen LogP contribution in [0, 0.1) is 0 Å². The van der Waals surface area contributed by atoms with Crippen molar-refractivity contribution in [2.24, 2.45) is 0 Å². The summed E-state index contributed by atoms with van der Waals surface area (Å²) < 4.78 is 13.0. The lowest BCUT2D eigenvalue weighted by atomic mass is 9.99. The van der Waals surface area contributed by atoms with Crippen molar-refractivity contribution in [1.82, 2.24) is 9.80 Å². The summed E-state index contributed by atoms with van der Waals surface area (Å²) in [4.78, 5) is 28.0. The minimum Gasteiger partial charge on any atom is -0.481 e. The van der Waals surface area contributed by atoms with Crippen molar-refractivity contribution in [3.05, 3.63) is 101 Å². The number of carboxylic acids is 1. The highest BCUT2D eigenvalue weighted by Crippen LogP contribution is 2.38. The Kier molecular flexibility index (Phi) is 10.3. The molecule has 3 N–H and O–H groups in total. The summed E-state index contributed by atoms with van der Waals surface area (Å²) in [7, 11) is 0. The van der Waals surface area contributed by atoms with E-state index in [1.165, 1.54) is 5.56 Å². The average Bonchev–Trinajstić information content (AvgIpc) is 3.01. The smallest absolute Gasteiger partial charge is 0.303 e. The topological polar surface area (TPSA) is 112 Å². The Bertz CT molecular complexity index is 1310. The van der Waals surface area contributed by atoms with E-state index in [0.29, 0.717) is 12.1 Å². The fraction of sp³-hybridized carbons (Fsp3) is 0.394. The van der Waals surface area contributed by atoms with E-state index in [2.05, 4.69) is 39.4 Å². The molecule has 0 aliphatic carbocycles. The molecule has 0 aromatic heterocycles. The maximum absolute atomic E-state index is 12.2. The Morgan fingerprint density at radius 3 is 2.26 bits per heavy atom. The van der Waals surface area contributed by atoms with Gasteiger partial charge in [0.2, 0.25) is 5.91 Å². The predicted molar refractivity (Wildman–Crippen MR) is 159 cm³/mol. The van der Waals surface area contributed by atoms with Crippen LogP contribution in [-0.2, 0) is 32.2 Å². The van der Waals surface area contributed by atoms with Crippen molar-refractivity contribution in [1.29, 1.82) is 0 Å². The minimum absolute atomic E-state index is 0.0125. The summed E-state index contributed by atoms with van der Waals surface area (Å²) in [5.41, 5.74) is 4.54. The minimum atomic E-state index is -1.01. The van der Waals surface area contributed by atoms with Gasteiger partial charge in [0.25, 0.3) is 0 Å². The number of benzene rings is 3. The number of aliphatic hydroxyl groups excluding tert-OH is 1. The van der Waals surface area contributed by atoms with Gasteiger partial charge in [-0.05, 0) is 28.8 Å². The highest BCUT2D eigenvalue weighted by Gasteiger charge is 2.34. The van der Waals surface area contributed by atoms with Crippen LogP contribution in [0.2, 0.25) is 0 Å². The molecule has 2 fully saturated rings. The molecule has 1 amide bonds. The van der Waals surface area contributed by atoms with E-state index in [4.69, 9.17) is 14.6 Å². The number of carboxylic acid groups (broad SMARTS) is 1. The number of nitrogens with one attached hydrogen (secondary N) is 1. The SMILES string of the molecule is O=C(O)CCC(=O)Nc1cccc([C@H]2O[C@@H](CN3CCN(Cc4ccccc4)CC3)C[C@@H](c3ccc(CO)cc3)O2)c1. The molecular formula is C33H39N3O6. The molecule has 0 spiro atoms. The first-order chi connectivity index (χ1) is 20.4. The molecule has 0 saturated carbocycles. The van der Waals surface area contributed by atoms with E-state index in [1.54, 1.807) is 6.07 Å². The lowest BCUT2D eigenvalue weighted by Gasteiger charge is -2.41. The second kappa shape index (κ2) is 14.5. The van der Waals surface area contributed by atoms with Gasteiger partial charge in [0.1, 0.15) is 0 Å². The van der Waals surface area contributed by atoms with E-state index in [1.807, 2.05) is 48.5 Å². The third-order valence-electron chi connectivity index (χ3n) is 7.80. The van der Waals surface area contributed by atoms with Crippen molar-refractivity contribution >= 4 is 17.6 Å². The molecule has 3 aromatic rings. The molecule has 3 aromatic carbocycles. The fourth-order valence-corrected chi connectivity index (χ4v) is 5.50. The number of amides is 1. The summed E-state index contributed by atoms with van der Waals surface area (Å²) in [6, 6.07) is 25.7. The quantitative estimate of drug-likeness (QED) is 0.311. The van der Waals surface area contributed by atoms with Gasteiger partial charge in [-0.25, -0.2) is 0 Å². The largest absolute Gasteiger partial charge is 0.481 e. The zero-order valence-corrected chi connectivity index (χ0v) is 23.7. The lowest BCUT2D eigenvalue weighted by Crippen LogP contribution is -2.49. The van der Waals surface area contributed by atoms with Gasteiger partial charge < -0.3 is 25.0 Å². The number of ether oxygens (including phenoxy) is 2.